The third kappa shape index (κ3) is 5.28. The van der Waals surface area contributed by atoms with Gasteiger partial charge >= 0.3 is 0 Å². The smallest absolute Gasteiger partial charge is 0.289 e. The lowest BCUT2D eigenvalue weighted by Crippen LogP contribution is -2.51. The zero-order chi connectivity index (χ0) is 21.7. The predicted octanol–water partition coefficient (Wildman–Crippen LogP) is 2.68. The molecule has 3 rings (SSSR count). The molecule has 1 fully saturated rings. The second kappa shape index (κ2) is 9.15. The van der Waals surface area contributed by atoms with Gasteiger partial charge in [0.1, 0.15) is 0 Å². The van der Waals surface area contributed by atoms with Gasteiger partial charge in [-0.3, -0.25) is 14.4 Å². The molecular formula is C23H29N3O4. The van der Waals surface area contributed by atoms with E-state index in [0.29, 0.717) is 37.5 Å². The maximum Gasteiger partial charge on any atom is 0.289 e. The minimum absolute atomic E-state index is 0.0246. The van der Waals surface area contributed by atoms with Crippen LogP contribution in [0.3, 0.4) is 0 Å². The monoisotopic (exact) mass is 411 g/mol. The second-order valence-electron chi connectivity index (χ2n) is 8.48. The first kappa shape index (κ1) is 21.6. The first-order valence-electron chi connectivity index (χ1n) is 10.2. The maximum absolute atomic E-state index is 12.4. The van der Waals surface area contributed by atoms with Gasteiger partial charge in [-0.15, -0.1) is 0 Å². The third-order valence-corrected chi connectivity index (χ3v) is 5.29. The number of nitrogens with one attached hydrogen (secondary N) is 1. The molecule has 0 aliphatic carbocycles. The van der Waals surface area contributed by atoms with Crippen molar-refractivity contribution in [1.29, 1.82) is 0 Å². The molecule has 1 aromatic carbocycles. The van der Waals surface area contributed by atoms with Crippen LogP contribution < -0.4 is 5.32 Å². The van der Waals surface area contributed by atoms with Crippen molar-refractivity contribution < 1.29 is 18.8 Å². The topological polar surface area (TPSA) is 82.9 Å². The van der Waals surface area contributed by atoms with Crippen LogP contribution >= 0.6 is 0 Å². The Kier molecular flexibility index (Phi) is 6.59. The molecule has 2 heterocycles. The van der Waals surface area contributed by atoms with Crippen LogP contribution in [-0.2, 0) is 10.2 Å². The molecule has 7 heteroatoms. The summed E-state index contributed by atoms with van der Waals surface area (Å²) < 4.78 is 5.15. The number of rotatable bonds is 5. The van der Waals surface area contributed by atoms with Gasteiger partial charge in [-0.1, -0.05) is 32.9 Å². The molecule has 0 spiro atoms. The highest BCUT2D eigenvalue weighted by Gasteiger charge is 2.25. The van der Waals surface area contributed by atoms with E-state index in [0.717, 1.165) is 0 Å². The summed E-state index contributed by atoms with van der Waals surface area (Å²) in [4.78, 5) is 40.4. The number of amides is 3. The Morgan fingerprint density at radius 2 is 1.60 bits per heavy atom. The lowest BCUT2D eigenvalue weighted by Gasteiger charge is -2.34. The Hall–Kier alpha value is -3.09. The maximum atomic E-state index is 12.4. The van der Waals surface area contributed by atoms with Gasteiger partial charge in [0.05, 0.1) is 6.26 Å². The fraction of sp³-hybridized carbons (Fsp3) is 0.435. The van der Waals surface area contributed by atoms with Gasteiger partial charge in [0.2, 0.25) is 5.91 Å². The summed E-state index contributed by atoms with van der Waals surface area (Å²) in [6.07, 6.45) is 1.71. The van der Waals surface area contributed by atoms with Crippen LogP contribution in [0, 0.1) is 0 Å². The van der Waals surface area contributed by atoms with E-state index in [1.807, 2.05) is 24.3 Å². The summed E-state index contributed by atoms with van der Waals surface area (Å²) in [5, 5.41) is 2.81. The summed E-state index contributed by atoms with van der Waals surface area (Å²) in [5.41, 5.74) is 1.79. The van der Waals surface area contributed by atoms with Gasteiger partial charge < -0.3 is 19.5 Å². The van der Waals surface area contributed by atoms with Crippen molar-refractivity contribution in [3.63, 3.8) is 0 Å². The lowest BCUT2D eigenvalue weighted by molar-refractivity contribution is -0.132. The Labute approximate surface area is 177 Å². The minimum Gasteiger partial charge on any atom is -0.459 e. The normalized spacial score (nSPS) is 14.5. The molecule has 0 atom stereocenters. The van der Waals surface area contributed by atoms with Gasteiger partial charge in [0.25, 0.3) is 11.8 Å². The summed E-state index contributed by atoms with van der Waals surface area (Å²) in [5.74, 6) is -0.0505. The van der Waals surface area contributed by atoms with Gasteiger partial charge in [0, 0.05) is 44.7 Å². The number of benzene rings is 1. The molecular weight excluding hydrogens is 382 g/mol. The quantitative estimate of drug-likeness (QED) is 0.820. The largest absolute Gasteiger partial charge is 0.459 e. The van der Waals surface area contributed by atoms with E-state index < -0.39 is 0 Å². The van der Waals surface area contributed by atoms with E-state index in [9.17, 15) is 14.4 Å². The van der Waals surface area contributed by atoms with Crippen LogP contribution in [0.5, 0.6) is 0 Å². The van der Waals surface area contributed by atoms with Crippen molar-refractivity contribution in [2.45, 2.75) is 32.6 Å². The molecule has 160 valence electrons. The molecule has 0 radical (unpaired) electrons. The first-order valence-corrected chi connectivity index (χ1v) is 10.2. The molecule has 0 unspecified atom stereocenters. The number of piperazine rings is 1. The summed E-state index contributed by atoms with van der Waals surface area (Å²) in [6.45, 7) is 8.56. The van der Waals surface area contributed by atoms with E-state index in [-0.39, 0.29) is 36.1 Å². The molecule has 1 aromatic heterocycles. The molecule has 1 aliphatic heterocycles. The van der Waals surface area contributed by atoms with E-state index >= 15 is 0 Å². The van der Waals surface area contributed by atoms with E-state index in [4.69, 9.17) is 4.42 Å². The molecule has 0 saturated carbocycles. The molecule has 30 heavy (non-hydrogen) atoms. The van der Waals surface area contributed by atoms with Crippen LogP contribution in [0.25, 0.3) is 0 Å². The molecule has 2 aromatic rings. The van der Waals surface area contributed by atoms with Gasteiger partial charge in [-0.2, -0.15) is 0 Å². The molecule has 1 saturated heterocycles. The highest BCUT2D eigenvalue weighted by molar-refractivity contribution is 5.94. The van der Waals surface area contributed by atoms with Crippen molar-refractivity contribution in [3.8, 4) is 0 Å². The zero-order valence-electron chi connectivity index (χ0n) is 17.8. The average molecular weight is 412 g/mol. The number of hydrogen-bond acceptors (Lipinski definition) is 4. The molecule has 7 nitrogen and oxygen atoms in total. The van der Waals surface area contributed by atoms with Crippen molar-refractivity contribution in [3.05, 3.63) is 59.5 Å². The van der Waals surface area contributed by atoms with Gasteiger partial charge in [-0.25, -0.2) is 0 Å². The van der Waals surface area contributed by atoms with Crippen LogP contribution in [0.4, 0.5) is 0 Å². The van der Waals surface area contributed by atoms with Crippen molar-refractivity contribution >= 4 is 17.7 Å². The number of carbonyl (C=O) groups excluding carboxylic acids is 3. The number of furan rings is 1. The van der Waals surface area contributed by atoms with Crippen LogP contribution in [0.15, 0.2) is 47.1 Å². The minimum atomic E-state index is -0.183. The number of nitrogens with zero attached hydrogens (tertiary/aromatic N) is 2. The highest BCUT2D eigenvalue weighted by atomic mass is 16.3. The summed E-state index contributed by atoms with van der Waals surface area (Å²) in [7, 11) is 0. The standard InChI is InChI=1S/C23H29N3O4/c1-23(2,3)18-8-6-17(7-9-18)21(28)24-11-10-20(27)25-12-14-26(15-13-25)22(29)19-5-4-16-30-19/h4-9,16H,10-15H2,1-3H3,(H,24,28). The van der Waals surface area contributed by atoms with E-state index in [2.05, 4.69) is 26.1 Å². The predicted molar refractivity (Wildman–Crippen MR) is 113 cm³/mol. The molecule has 3 amide bonds. The average Bonchev–Trinajstić information content (AvgIpc) is 3.27. The van der Waals surface area contributed by atoms with Crippen molar-refractivity contribution in [2.24, 2.45) is 0 Å². The summed E-state index contributed by atoms with van der Waals surface area (Å²) in [6, 6.07) is 10.9. The van der Waals surface area contributed by atoms with Crippen LogP contribution in [0.2, 0.25) is 0 Å². The van der Waals surface area contributed by atoms with E-state index in [1.165, 1.54) is 11.8 Å². The summed E-state index contributed by atoms with van der Waals surface area (Å²) >= 11 is 0. The van der Waals surface area contributed by atoms with Crippen LogP contribution in [0.1, 0.15) is 53.7 Å². The highest BCUT2D eigenvalue weighted by Crippen LogP contribution is 2.22. The van der Waals surface area contributed by atoms with Crippen LogP contribution in [-0.4, -0.2) is 60.2 Å². The Morgan fingerprint density at radius 1 is 0.967 bits per heavy atom. The number of carbonyl (C=O) groups is 3. The Balaban J connectivity index is 1.41. The van der Waals surface area contributed by atoms with Crippen molar-refractivity contribution in [2.75, 3.05) is 32.7 Å². The molecule has 1 N–H and O–H groups in total. The third-order valence-electron chi connectivity index (χ3n) is 5.29. The van der Waals surface area contributed by atoms with E-state index in [1.54, 1.807) is 21.9 Å². The van der Waals surface area contributed by atoms with Gasteiger partial charge in [-0.05, 0) is 35.2 Å². The fourth-order valence-electron chi connectivity index (χ4n) is 3.38. The first-order chi connectivity index (χ1) is 14.3. The second-order valence-corrected chi connectivity index (χ2v) is 8.48. The lowest BCUT2D eigenvalue weighted by atomic mass is 9.87. The molecule has 0 bridgehead atoms. The Morgan fingerprint density at radius 3 is 2.17 bits per heavy atom. The Bertz CT molecular complexity index is 874. The zero-order valence-corrected chi connectivity index (χ0v) is 17.8. The fourth-order valence-corrected chi connectivity index (χ4v) is 3.38. The SMILES string of the molecule is CC(C)(C)c1ccc(C(=O)NCCC(=O)N2CCN(C(=O)c3ccco3)CC2)cc1. The number of hydrogen-bond donors (Lipinski definition) is 1. The van der Waals surface area contributed by atoms with Gasteiger partial charge in [0.15, 0.2) is 5.76 Å². The molecule has 1 aliphatic rings. The van der Waals surface area contributed by atoms with Crippen molar-refractivity contribution in [1.82, 2.24) is 15.1 Å².